The molecule has 2 aromatic rings. The summed E-state index contributed by atoms with van der Waals surface area (Å²) >= 11 is 0. The highest BCUT2D eigenvalue weighted by Gasteiger charge is 2.18. The molecule has 2 aromatic carbocycles. The molecule has 1 N–H and O–H groups in total. The fourth-order valence-electron chi connectivity index (χ4n) is 2.89. The van der Waals surface area contributed by atoms with Gasteiger partial charge in [0.1, 0.15) is 5.75 Å². The van der Waals surface area contributed by atoms with Crippen molar-refractivity contribution in [1.29, 1.82) is 0 Å². The van der Waals surface area contributed by atoms with Gasteiger partial charge in [0.15, 0.2) is 5.78 Å². The molecule has 25 heavy (non-hydrogen) atoms. The third-order valence-electron chi connectivity index (χ3n) is 4.32. The molecule has 130 valence electrons. The molecule has 0 spiro atoms. The molecule has 0 unspecified atom stereocenters. The topological polar surface area (TPSA) is 64.6 Å². The van der Waals surface area contributed by atoms with Gasteiger partial charge in [0.25, 0.3) is 5.91 Å². The lowest BCUT2D eigenvalue weighted by Crippen LogP contribution is -2.34. The number of Topliss-reactive ketones (excluding diaryl/α,β-unsaturated/α-hetero) is 1. The lowest BCUT2D eigenvalue weighted by Gasteiger charge is -2.11. The van der Waals surface area contributed by atoms with Crippen molar-refractivity contribution < 1.29 is 19.1 Å². The number of hydrogen-bond acceptors (Lipinski definition) is 4. The van der Waals surface area contributed by atoms with E-state index in [1.54, 1.807) is 25.3 Å². The molecule has 1 amide bonds. The van der Waals surface area contributed by atoms with Crippen LogP contribution in [0.4, 0.5) is 0 Å². The van der Waals surface area contributed by atoms with Gasteiger partial charge in [-0.2, -0.15) is 0 Å². The average molecular weight is 339 g/mol. The Kier molecular flexibility index (Phi) is 5.14. The van der Waals surface area contributed by atoms with E-state index in [2.05, 4.69) is 5.32 Å². The van der Waals surface area contributed by atoms with E-state index in [0.717, 1.165) is 17.5 Å². The Bertz CT molecular complexity index is 777. The van der Waals surface area contributed by atoms with Gasteiger partial charge in [-0.1, -0.05) is 18.2 Å². The first kappa shape index (κ1) is 17.2. The minimum Gasteiger partial charge on any atom is -0.496 e. The summed E-state index contributed by atoms with van der Waals surface area (Å²) in [4.78, 5) is 24.0. The number of amides is 1. The van der Waals surface area contributed by atoms with Crippen LogP contribution in [0.1, 0.15) is 34.1 Å². The number of carbonyl (C=O) groups is 2. The first-order valence-electron chi connectivity index (χ1n) is 8.26. The van der Waals surface area contributed by atoms with Gasteiger partial charge in [-0.25, -0.2) is 0 Å². The van der Waals surface area contributed by atoms with Gasteiger partial charge in [0.05, 0.1) is 25.3 Å². The summed E-state index contributed by atoms with van der Waals surface area (Å²) in [5, 5.41) is 2.97. The van der Waals surface area contributed by atoms with Crippen LogP contribution in [0.25, 0.3) is 11.1 Å². The zero-order valence-electron chi connectivity index (χ0n) is 14.4. The summed E-state index contributed by atoms with van der Waals surface area (Å²) in [7, 11) is 1.55. The van der Waals surface area contributed by atoms with E-state index in [-0.39, 0.29) is 17.7 Å². The normalized spacial score (nSPS) is 16.5. The molecule has 0 aromatic heterocycles. The summed E-state index contributed by atoms with van der Waals surface area (Å²) < 4.78 is 10.5. The van der Waals surface area contributed by atoms with Crippen LogP contribution in [0.2, 0.25) is 0 Å². The van der Waals surface area contributed by atoms with Crippen LogP contribution in [0.15, 0.2) is 42.5 Å². The summed E-state index contributed by atoms with van der Waals surface area (Å²) in [6.07, 6.45) is 0.851. The van der Waals surface area contributed by atoms with Crippen molar-refractivity contribution in [1.82, 2.24) is 5.32 Å². The summed E-state index contributed by atoms with van der Waals surface area (Å²) in [5.41, 5.74) is 2.99. The van der Waals surface area contributed by atoms with Gasteiger partial charge in [-0.3, -0.25) is 9.59 Å². The standard InChI is InChI=1S/C20H21NO4/c1-13(22)18-11-16(7-8-19(18)24-2)14-3-5-15(6-4-14)20(23)21-17-9-10-25-12-17/h3-8,11,17H,9-10,12H2,1-2H3,(H,21,23)/t17-/m0/s1. The molecular weight excluding hydrogens is 318 g/mol. The van der Waals surface area contributed by atoms with Crippen molar-refractivity contribution in [3.05, 3.63) is 53.6 Å². The van der Waals surface area contributed by atoms with Gasteiger partial charge in [-0.15, -0.1) is 0 Å². The lowest BCUT2D eigenvalue weighted by atomic mass is 9.99. The third-order valence-corrected chi connectivity index (χ3v) is 4.32. The largest absolute Gasteiger partial charge is 0.496 e. The molecule has 1 aliphatic rings. The molecular formula is C20H21NO4. The maximum atomic E-state index is 12.2. The second kappa shape index (κ2) is 7.49. The predicted molar refractivity (Wildman–Crippen MR) is 95.1 cm³/mol. The van der Waals surface area contributed by atoms with E-state index < -0.39 is 0 Å². The first-order valence-corrected chi connectivity index (χ1v) is 8.26. The molecule has 1 aliphatic heterocycles. The minimum absolute atomic E-state index is 0.0477. The number of ether oxygens (including phenoxy) is 2. The van der Waals surface area contributed by atoms with Crippen LogP contribution in [0.3, 0.4) is 0 Å². The second-order valence-electron chi connectivity index (χ2n) is 6.08. The Morgan fingerprint density at radius 3 is 2.44 bits per heavy atom. The van der Waals surface area contributed by atoms with Gasteiger partial charge in [0.2, 0.25) is 0 Å². The number of nitrogens with one attached hydrogen (secondary N) is 1. The predicted octanol–water partition coefficient (Wildman–Crippen LogP) is 3.08. The maximum Gasteiger partial charge on any atom is 0.251 e. The van der Waals surface area contributed by atoms with Gasteiger partial charge < -0.3 is 14.8 Å². The van der Waals surface area contributed by atoms with Crippen molar-refractivity contribution in [2.24, 2.45) is 0 Å². The molecule has 0 aliphatic carbocycles. The zero-order valence-corrected chi connectivity index (χ0v) is 14.4. The number of benzene rings is 2. The van der Waals surface area contributed by atoms with Crippen molar-refractivity contribution in [3.8, 4) is 16.9 Å². The molecule has 1 atom stereocenters. The van der Waals surface area contributed by atoms with E-state index in [0.29, 0.717) is 30.1 Å². The Balaban J connectivity index is 1.79. The van der Waals surface area contributed by atoms with Crippen LogP contribution >= 0.6 is 0 Å². The number of rotatable bonds is 5. The Hall–Kier alpha value is -2.66. The van der Waals surface area contributed by atoms with Crippen molar-refractivity contribution in [2.75, 3.05) is 20.3 Å². The van der Waals surface area contributed by atoms with Crippen molar-refractivity contribution in [2.45, 2.75) is 19.4 Å². The Morgan fingerprint density at radius 2 is 1.84 bits per heavy atom. The second-order valence-corrected chi connectivity index (χ2v) is 6.08. The number of carbonyl (C=O) groups excluding carboxylic acids is 2. The van der Waals surface area contributed by atoms with Crippen LogP contribution in [-0.4, -0.2) is 38.1 Å². The van der Waals surface area contributed by atoms with Crippen molar-refractivity contribution >= 4 is 11.7 Å². The van der Waals surface area contributed by atoms with E-state index in [9.17, 15) is 9.59 Å². The quantitative estimate of drug-likeness (QED) is 0.850. The highest BCUT2D eigenvalue weighted by molar-refractivity contribution is 5.98. The Labute approximate surface area is 147 Å². The highest BCUT2D eigenvalue weighted by atomic mass is 16.5. The first-order chi connectivity index (χ1) is 12.1. The minimum atomic E-state index is -0.0961. The fourth-order valence-corrected chi connectivity index (χ4v) is 2.89. The molecule has 1 heterocycles. The van der Waals surface area contributed by atoms with E-state index in [1.165, 1.54) is 6.92 Å². The fraction of sp³-hybridized carbons (Fsp3) is 0.300. The van der Waals surface area contributed by atoms with Crippen LogP contribution in [0.5, 0.6) is 5.75 Å². The molecule has 0 saturated carbocycles. The number of hydrogen-bond donors (Lipinski definition) is 1. The third kappa shape index (κ3) is 3.88. The molecule has 0 radical (unpaired) electrons. The summed E-state index contributed by atoms with van der Waals surface area (Å²) in [5.74, 6) is 0.417. The number of methoxy groups -OCH3 is 1. The van der Waals surface area contributed by atoms with Gasteiger partial charge in [0, 0.05) is 12.2 Å². The zero-order chi connectivity index (χ0) is 17.8. The van der Waals surface area contributed by atoms with Gasteiger partial charge >= 0.3 is 0 Å². The summed E-state index contributed by atoms with van der Waals surface area (Å²) in [6, 6.07) is 12.9. The molecule has 0 bridgehead atoms. The van der Waals surface area contributed by atoms with Gasteiger partial charge in [-0.05, 0) is 48.7 Å². The monoisotopic (exact) mass is 339 g/mol. The molecule has 5 nitrogen and oxygen atoms in total. The molecule has 1 fully saturated rings. The lowest BCUT2D eigenvalue weighted by molar-refractivity contribution is 0.0929. The van der Waals surface area contributed by atoms with Crippen LogP contribution in [0, 0.1) is 0 Å². The number of ketones is 1. The molecule has 5 heteroatoms. The highest BCUT2D eigenvalue weighted by Crippen LogP contribution is 2.27. The van der Waals surface area contributed by atoms with E-state index >= 15 is 0 Å². The smallest absolute Gasteiger partial charge is 0.251 e. The molecule has 1 saturated heterocycles. The SMILES string of the molecule is COc1ccc(-c2ccc(C(=O)N[C@H]3CCOC3)cc2)cc1C(C)=O. The average Bonchev–Trinajstić information content (AvgIpc) is 3.14. The summed E-state index contributed by atoms with van der Waals surface area (Å²) in [6.45, 7) is 2.78. The molecule has 3 rings (SSSR count). The Morgan fingerprint density at radius 1 is 1.12 bits per heavy atom. The van der Waals surface area contributed by atoms with E-state index in [4.69, 9.17) is 9.47 Å². The van der Waals surface area contributed by atoms with E-state index in [1.807, 2.05) is 24.3 Å². The van der Waals surface area contributed by atoms with Crippen molar-refractivity contribution in [3.63, 3.8) is 0 Å². The van der Waals surface area contributed by atoms with Crippen LogP contribution < -0.4 is 10.1 Å². The van der Waals surface area contributed by atoms with Crippen LogP contribution in [-0.2, 0) is 4.74 Å². The maximum absolute atomic E-state index is 12.2.